The van der Waals surface area contributed by atoms with Crippen LogP contribution in [0.5, 0.6) is 5.75 Å². The van der Waals surface area contributed by atoms with E-state index >= 15 is 0 Å². The second kappa shape index (κ2) is 6.82. The Morgan fingerprint density at radius 2 is 1.67 bits per heavy atom. The third-order valence-corrected chi connectivity index (χ3v) is 4.35. The first kappa shape index (κ1) is 19.1. The maximum Gasteiger partial charge on any atom is 0.206 e. The number of hydrogen-bond donors (Lipinski definition) is 1. The predicted octanol–water partition coefficient (Wildman–Crippen LogP) is 4.14. The number of rotatable bonds is 4. The van der Waals surface area contributed by atoms with Crippen LogP contribution in [-0.4, -0.2) is 45.5 Å². The van der Waals surface area contributed by atoms with Gasteiger partial charge in [0.2, 0.25) is 5.82 Å². The second-order valence-corrected chi connectivity index (χ2v) is 9.06. The predicted molar refractivity (Wildman–Crippen MR) is 109 cm³/mol. The largest absolute Gasteiger partial charge is 0.508 e. The van der Waals surface area contributed by atoms with E-state index in [0.29, 0.717) is 0 Å². The molecule has 0 atom stereocenters. The van der Waals surface area contributed by atoms with Gasteiger partial charge in [-0.05, 0) is 23.1 Å². The number of hydrogen-bond acceptors (Lipinski definition) is 3. The minimum Gasteiger partial charge on any atom is -0.508 e. The highest BCUT2D eigenvalue weighted by molar-refractivity contribution is 5.59. The Bertz CT molecular complexity index is 928. The van der Waals surface area contributed by atoms with Crippen molar-refractivity contribution in [3.05, 3.63) is 59.9 Å². The summed E-state index contributed by atoms with van der Waals surface area (Å²) in [5.41, 5.74) is 3.18. The van der Waals surface area contributed by atoms with Crippen molar-refractivity contribution in [2.24, 2.45) is 0 Å². The number of aromatic nitrogens is 3. The summed E-state index contributed by atoms with van der Waals surface area (Å²) >= 11 is 0. The Morgan fingerprint density at radius 3 is 2.22 bits per heavy atom. The van der Waals surface area contributed by atoms with Gasteiger partial charge in [0.05, 0.1) is 26.8 Å². The number of aromatic hydroxyl groups is 1. The molecule has 0 bridgehead atoms. The summed E-state index contributed by atoms with van der Waals surface area (Å²) in [7, 11) is 6.35. The van der Waals surface area contributed by atoms with Crippen molar-refractivity contribution < 1.29 is 9.59 Å². The summed E-state index contributed by atoms with van der Waals surface area (Å²) in [5, 5.41) is 14.6. The molecule has 0 aliphatic rings. The molecule has 3 aromatic rings. The van der Waals surface area contributed by atoms with Crippen LogP contribution in [0, 0.1) is 0 Å². The lowest BCUT2D eigenvalue weighted by atomic mass is 9.87. The van der Waals surface area contributed by atoms with Crippen LogP contribution in [0.3, 0.4) is 0 Å². The quantitative estimate of drug-likeness (QED) is 0.707. The van der Waals surface area contributed by atoms with E-state index in [1.165, 1.54) is 5.56 Å². The van der Waals surface area contributed by atoms with E-state index in [1.54, 1.807) is 12.1 Å². The highest BCUT2D eigenvalue weighted by Gasteiger charge is 2.20. The molecule has 1 aromatic heterocycles. The normalized spacial score (nSPS) is 12.4. The molecule has 0 aliphatic carbocycles. The van der Waals surface area contributed by atoms with Crippen LogP contribution in [0.1, 0.15) is 32.2 Å². The Morgan fingerprint density at radius 1 is 1.00 bits per heavy atom. The molecule has 0 unspecified atom stereocenters. The highest BCUT2D eigenvalue weighted by atomic mass is 16.3. The Kier molecular flexibility index (Phi) is 4.82. The van der Waals surface area contributed by atoms with Crippen LogP contribution < -0.4 is 0 Å². The molecule has 142 valence electrons. The molecule has 0 radical (unpaired) electrons. The first-order valence-electron chi connectivity index (χ1n) is 9.20. The van der Waals surface area contributed by atoms with Gasteiger partial charge in [0, 0.05) is 11.6 Å². The van der Waals surface area contributed by atoms with E-state index in [4.69, 9.17) is 10.1 Å². The molecule has 1 heterocycles. The van der Waals surface area contributed by atoms with Gasteiger partial charge in [0.1, 0.15) is 12.3 Å². The van der Waals surface area contributed by atoms with Crippen LogP contribution in [0.2, 0.25) is 0 Å². The van der Waals surface area contributed by atoms with E-state index in [-0.39, 0.29) is 11.2 Å². The molecular weight excluding hydrogens is 336 g/mol. The molecule has 0 saturated heterocycles. The molecule has 0 saturated carbocycles. The molecule has 0 amide bonds. The van der Waals surface area contributed by atoms with Gasteiger partial charge in [0.15, 0.2) is 5.82 Å². The van der Waals surface area contributed by atoms with Crippen molar-refractivity contribution in [3.63, 3.8) is 0 Å². The standard InChI is InChI=1S/C22H28N4O/c1-22(2,3)17-12-10-16(11-13-17)21-23-20(15-26(4,5)6)24-25(21)18-8-7-9-19(27)14-18/h7-14H,15H2,1-6H3/p+1. The Labute approximate surface area is 161 Å². The maximum atomic E-state index is 9.89. The van der Waals surface area contributed by atoms with Crippen molar-refractivity contribution in [3.8, 4) is 22.8 Å². The summed E-state index contributed by atoms with van der Waals surface area (Å²) in [6, 6.07) is 15.6. The van der Waals surface area contributed by atoms with Gasteiger partial charge in [-0.15, -0.1) is 5.10 Å². The number of phenolic OH excluding ortho intramolecular Hbond substituents is 1. The summed E-state index contributed by atoms with van der Waals surface area (Å²) in [6.07, 6.45) is 0. The van der Waals surface area contributed by atoms with Gasteiger partial charge < -0.3 is 9.59 Å². The second-order valence-electron chi connectivity index (χ2n) is 9.06. The zero-order chi connectivity index (χ0) is 19.8. The average molecular weight is 366 g/mol. The van der Waals surface area contributed by atoms with Crippen LogP contribution in [0.25, 0.3) is 17.1 Å². The van der Waals surface area contributed by atoms with Crippen LogP contribution in [0.15, 0.2) is 48.5 Å². The molecule has 1 N–H and O–H groups in total. The molecule has 27 heavy (non-hydrogen) atoms. The third kappa shape index (κ3) is 4.55. The third-order valence-electron chi connectivity index (χ3n) is 4.35. The molecule has 5 nitrogen and oxygen atoms in total. The number of benzene rings is 2. The number of nitrogens with zero attached hydrogens (tertiary/aromatic N) is 4. The molecule has 3 rings (SSSR count). The van der Waals surface area contributed by atoms with E-state index in [9.17, 15) is 5.11 Å². The van der Waals surface area contributed by atoms with Gasteiger partial charge in [-0.2, -0.15) is 0 Å². The van der Waals surface area contributed by atoms with Gasteiger partial charge in [-0.1, -0.05) is 51.1 Å². The zero-order valence-corrected chi connectivity index (χ0v) is 17.1. The van der Waals surface area contributed by atoms with E-state index < -0.39 is 0 Å². The lowest BCUT2D eigenvalue weighted by Gasteiger charge is -2.21. The Balaban J connectivity index is 2.10. The van der Waals surface area contributed by atoms with E-state index in [0.717, 1.165) is 33.9 Å². The molecule has 0 aliphatic heterocycles. The number of phenols is 1. The first-order chi connectivity index (χ1) is 12.5. The summed E-state index contributed by atoms with van der Waals surface area (Å²) < 4.78 is 2.56. The van der Waals surface area contributed by atoms with Gasteiger partial charge >= 0.3 is 0 Å². The molecule has 0 spiro atoms. The summed E-state index contributed by atoms with van der Waals surface area (Å²) in [4.78, 5) is 4.82. The minimum atomic E-state index is 0.103. The monoisotopic (exact) mass is 365 g/mol. The average Bonchev–Trinajstić information content (AvgIpc) is 2.96. The van der Waals surface area contributed by atoms with Gasteiger partial charge in [0.25, 0.3) is 0 Å². The topological polar surface area (TPSA) is 50.9 Å². The van der Waals surface area contributed by atoms with Crippen molar-refractivity contribution in [2.45, 2.75) is 32.7 Å². The zero-order valence-electron chi connectivity index (χ0n) is 17.1. The Hall–Kier alpha value is -2.66. The van der Waals surface area contributed by atoms with E-state index in [2.05, 4.69) is 66.2 Å². The minimum absolute atomic E-state index is 0.103. The lowest BCUT2D eigenvalue weighted by molar-refractivity contribution is -0.884. The fraction of sp³-hybridized carbons (Fsp3) is 0.364. The van der Waals surface area contributed by atoms with Crippen molar-refractivity contribution in [1.82, 2.24) is 14.8 Å². The molecule has 0 fully saturated rings. The SMILES string of the molecule is CC(C)(C)c1ccc(-c2nc(C[N+](C)(C)C)nn2-c2cccc(O)c2)cc1. The number of quaternary nitrogens is 1. The molecular formula is C22H29N4O+. The van der Waals surface area contributed by atoms with Crippen LogP contribution in [0.4, 0.5) is 0 Å². The van der Waals surface area contributed by atoms with Crippen LogP contribution >= 0.6 is 0 Å². The molecule has 2 aromatic carbocycles. The lowest BCUT2D eigenvalue weighted by Crippen LogP contribution is -2.33. The fourth-order valence-corrected chi connectivity index (χ4v) is 2.96. The van der Waals surface area contributed by atoms with E-state index in [1.807, 2.05) is 16.8 Å². The molecule has 5 heteroatoms. The van der Waals surface area contributed by atoms with Crippen molar-refractivity contribution in [2.75, 3.05) is 21.1 Å². The van der Waals surface area contributed by atoms with Gasteiger partial charge in [-0.25, -0.2) is 9.67 Å². The summed E-state index contributed by atoms with van der Waals surface area (Å²) in [6.45, 7) is 7.34. The highest BCUT2D eigenvalue weighted by Crippen LogP contribution is 2.27. The maximum absolute atomic E-state index is 9.89. The fourth-order valence-electron chi connectivity index (χ4n) is 2.96. The van der Waals surface area contributed by atoms with Crippen molar-refractivity contribution >= 4 is 0 Å². The van der Waals surface area contributed by atoms with Crippen LogP contribution in [-0.2, 0) is 12.0 Å². The van der Waals surface area contributed by atoms with Gasteiger partial charge in [-0.3, -0.25) is 0 Å². The summed E-state index contributed by atoms with van der Waals surface area (Å²) in [5.74, 6) is 1.77. The van der Waals surface area contributed by atoms with Crippen molar-refractivity contribution in [1.29, 1.82) is 0 Å². The smallest absolute Gasteiger partial charge is 0.206 e. The first-order valence-corrected chi connectivity index (χ1v) is 9.20.